The smallest absolute Gasteiger partial charge is 0.134 e. The van der Waals surface area contributed by atoms with Gasteiger partial charge in [-0.15, -0.1) is 68.0 Å². The van der Waals surface area contributed by atoms with Gasteiger partial charge < -0.3 is 0 Å². The summed E-state index contributed by atoms with van der Waals surface area (Å²) in [5.74, 6) is 1.56. The van der Waals surface area contributed by atoms with Gasteiger partial charge in [0.15, 0.2) is 0 Å². The third kappa shape index (κ3) is 24.6. The minimum absolute atomic E-state index is 0.780. The van der Waals surface area contributed by atoms with E-state index in [9.17, 15) is 0 Å². The molecule has 466 valence electrons. The number of nitrogens with zero attached hydrogens (tertiary/aromatic N) is 2. The molecular formula is C76H116N2S6. The normalized spacial score (nSPS) is 12.7. The van der Waals surface area contributed by atoms with Crippen molar-refractivity contribution in [3.8, 4) is 40.7 Å². The molecular weight excluding hydrogens is 1130 g/mol. The van der Waals surface area contributed by atoms with Crippen molar-refractivity contribution in [2.75, 3.05) is 0 Å². The first kappa shape index (κ1) is 69.3. The quantitative estimate of drug-likeness (QED) is 0.0355. The number of thiazole rings is 2. The molecule has 2 nitrogen and oxygen atoms in total. The molecule has 0 aliphatic carbocycles. The average Bonchev–Trinajstić information content (AvgIpc) is 2.28. The summed E-state index contributed by atoms with van der Waals surface area (Å²) in [4.78, 5) is 19.8. The topological polar surface area (TPSA) is 25.8 Å². The Bertz CT molecular complexity index is 2460. The van der Waals surface area contributed by atoms with E-state index in [1.807, 2.05) is 68.0 Å². The van der Waals surface area contributed by atoms with E-state index >= 15 is 0 Å². The van der Waals surface area contributed by atoms with E-state index < -0.39 is 0 Å². The Morgan fingerprint density at radius 2 is 0.571 bits per heavy atom. The van der Waals surface area contributed by atoms with Crippen LogP contribution < -0.4 is 0 Å². The molecule has 0 saturated carbocycles. The molecule has 7 aromatic rings. The molecule has 6 aromatic heterocycles. The van der Waals surface area contributed by atoms with Gasteiger partial charge in [-0.1, -0.05) is 322 Å². The molecule has 0 fully saturated rings. The van der Waals surface area contributed by atoms with Gasteiger partial charge in [0, 0.05) is 30.6 Å². The van der Waals surface area contributed by atoms with Gasteiger partial charge in [0.05, 0.1) is 30.2 Å². The van der Waals surface area contributed by atoms with Crippen LogP contribution in [0.4, 0.5) is 0 Å². The number of fused-ring (bicyclic) bond motifs is 2. The van der Waals surface area contributed by atoms with Crippen LogP contribution >= 0.6 is 68.0 Å². The third-order valence-corrected chi connectivity index (χ3v) is 24.8. The fourth-order valence-corrected chi connectivity index (χ4v) is 19.5. The van der Waals surface area contributed by atoms with Crippen molar-refractivity contribution in [3.05, 3.63) is 69.0 Å². The minimum Gasteiger partial charge on any atom is -0.234 e. The van der Waals surface area contributed by atoms with E-state index in [0.29, 0.717) is 0 Å². The summed E-state index contributed by atoms with van der Waals surface area (Å²) in [5, 5.41) is 6.83. The minimum atomic E-state index is 0.780. The summed E-state index contributed by atoms with van der Waals surface area (Å²) in [7, 11) is 0. The first-order valence-electron chi connectivity index (χ1n) is 35.6. The lowest BCUT2D eigenvalue weighted by Gasteiger charge is -2.16. The van der Waals surface area contributed by atoms with Gasteiger partial charge in [0.1, 0.15) is 10.0 Å². The Hall–Kier alpha value is -2.20. The molecule has 0 amide bonds. The molecule has 2 atom stereocenters. The zero-order valence-electron chi connectivity index (χ0n) is 53.8. The van der Waals surface area contributed by atoms with Crippen molar-refractivity contribution in [1.82, 2.24) is 9.97 Å². The first-order valence-corrected chi connectivity index (χ1v) is 40.6. The van der Waals surface area contributed by atoms with Crippen LogP contribution in [0.3, 0.4) is 0 Å². The van der Waals surface area contributed by atoms with Gasteiger partial charge in [-0.2, -0.15) is 0 Å². The van der Waals surface area contributed by atoms with Crippen molar-refractivity contribution in [3.63, 3.8) is 0 Å². The standard InChI is InChI=1S/C76H116N2S6/c1-5-9-13-17-21-25-27-29-31-35-39-43-49-61(47-41-37-33-23-19-15-11-7-3)59-63-53-55-67(81-63)75-77-71-69(65-51-45-57-79-65)74-72(70(73(71)83-75)66-52-46-58-80-66)78-76(84-74)68-56-54-64(82-68)60-62(48-42-38-34-24-20-16-12-8-4)50-44-40-36-32-30-28-26-22-18-14-10-6-2/h45-46,51-58,61-62H,5-44,47-50,59-60H2,1-4H3. The first-order chi connectivity index (χ1) is 41.6. The Kier molecular flexibility index (Phi) is 35.2. The highest BCUT2D eigenvalue weighted by molar-refractivity contribution is 7.28. The summed E-state index contributed by atoms with van der Waals surface area (Å²) in [6.45, 7) is 9.30. The van der Waals surface area contributed by atoms with Crippen molar-refractivity contribution >= 4 is 88.5 Å². The number of hydrogen-bond acceptors (Lipinski definition) is 8. The van der Waals surface area contributed by atoms with Gasteiger partial charge in [-0.3, -0.25) is 0 Å². The number of rotatable bonds is 52. The van der Waals surface area contributed by atoms with Crippen molar-refractivity contribution in [2.24, 2.45) is 11.8 Å². The maximum atomic E-state index is 5.72. The summed E-state index contributed by atoms with van der Waals surface area (Å²) < 4.78 is 2.59. The van der Waals surface area contributed by atoms with Crippen LogP contribution in [0.25, 0.3) is 61.1 Å². The summed E-state index contributed by atoms with van der Waals surface area (Å²) in [5.41, 5.74) is 4.89. The van der Waals surface area contributed by atoms with Crippen molar-refractivity contribution < 1.29 is 0 Å². The second kappa shape index (κ2) is 42.7. The van der Waals surface area contributed by atoms with E-state index in [4.69, 9.17) is 9.97 Å². The van der Waals surface area contributed by atoms with Crippen molar-refractivity contribution in [1.29, 1.82) is 0 Å². The van der Waals surface area contributed by atoms with Crippen LogP contribution in [0.15, 0.2) is 59.3 Å². The Labute approximate surface area is 538 Å². The monoisotopic (exact) mass is 1250 g/mol. The lowest BCUT2D eigenvalue weighted by molar-refractivity contribution is 0.401. The number of hydrogen-bond donors (Lipinski definition) is 0. The molecule has 2 unspecified atom stereocenters. The van der Waals surface area contributed by atoms with Crippen LogP contribution in [-0.2, 0) is 12.8 Å². The van der Waals surface area contributed by atoms with E-state index in [-0.39, 0.29) is 0 Å². The fraction of sp³-hybridized carbons (Fsp3) is 0.684. The second-order valence-corrected chi connectivity index (χ2v) is 31.9. The van der Waals surface area contributed by atoms with Crippen LogP contribution in [0, 0.1) is 11.8 Å². The van der Waals surface area contributed by atoms with E-state index in [1.54, 1.807) is 9.75 Å². The van der Waals surface area contributed by atoms with Crippen LogP contribution in [0.2, 0.25) is 0 Å². The SMILES string of the molecule is CCCCCCCCCCCCCCC(CCCCCCCCCC)Cc1ccc(-c2nc3c(-c4cccs4)c4sc(-c5ccc(CC(CCCCCCCCCC)CCCCCCCCCCCCCC)s5)nc4c(-c4cccs4)c3s2)s1. The van der Waals surface area contributed by atoms with E-state index in [1.165, 1.54) is 345 Å². The highest BCUT2D eigenvalue weighted by Gasteiger charge is 2.27. The average molecular weight is 1250 g/mol. The number of thiophene rings is 4. The van der Waals surface area contributed by atoms with Crippen molar-refractivity contribution in [2.45, 2.75) is 323 Å². The molecule has 0 N–H and O–H groups in total. The number of unbranched alkanes of at least 4 members (excludes halogenated alkanes) is 36. The Morgan fingerprint density at radius 1 is 0.298 bits per heavy atom. The molecule has 1 aromatic carbocycles. The molecule has 84 heavy (non-hydrogen) atoms. The maximum Gasteiger partial charge on any atom is 0.134 e. The van der Waals surface area contributed by atoms with Gasteiger partial charge >= 0.3 is 0 Å². The fourth-order valence-electron chi connectivity index (χ4n) is 13.2. The van der Waals surface area contributed by atoms with E-state index in [2.05, 4.69) is 87.0 Å². The van der Waals surface area contributed by atoms with Crippen LogP contribution in [0.5, 0.6) is 0 Å². The highest BCUT2D eigenvalue weighted by Crippen LogP contribution is 2.52. The molecule has 0 aliphatic heterocycles. The summed E-state index contributed by atoms with van der Waals surface area (Å²) in [6, 6.07) is 18.8. The van der Waals surface area contributed by atoms with Gasteiger partial charge in [-0.05, 0) is 71.8 Å². The molecule has 8 heteroatoms. The molecule has 0 spiro atoms. The van der Waals surface area contributed by atoms with Gasteiger partial charge in [0.2, 0.25) is 0 Å². The molecule has 7 rings (SSSR count). The number of aromatic nitrogens is 2. The third-order valence-electron chi connectivity index (χ3n) is 18.3. The molecule has 6 heterocycles. The predicted octanol–water partition coefficient (Wildman–Crippen LogP) is 29.4. The van der Waals surface area contributed by atoms with Gasteiger partial charge in [0.25, 0.3) is 0 Å². The second-order valence-electron chi connectivity index (χ2n) is 25.7. The predicted molar refractivity (Wildman–Crippen MR) is 386 cm³/mol. The van der Waals surface area contributed by atoms with E-state index in [0.717, 1.165) is 22.9 Å². The molecule has 0 bridgehead atoms. The number of benzene rings is 1. The zero-order chi connectivity index (χ0) is 58.5. The summed E-state index contributed by atoms with van der Waals surface area (Å²) in [6.07, 6.45) is 64.6. The largest absolute Gasteiger partial charge is 0.234 e. The van der Waals surface area contributed by atoms with Crippen LogP contribution in [0.1, 0.15) is 320 Å². The van der Waals surface area contributed by atoms with Crippen LogP contribution in [-0.4, -0.2) is 9.97 Å². The summed E-state index contributed by atoms with van der Waals surface area (Å²) >= 11 is 11.6. The molecule has 0 aliphatic rings. The lowest BCUT2D eigenvalue weighted by atomic mass is 9.91. The lowest BCUT2D eigenvalue weighted by Crippen LogP contribution is -2.04. The molecule has 0 radical (unpaired) electrons. The Morgan fingerprint density at radius 3 is 0.833 bits per heavy atom. The Balaban J connectivity index is 1.04. The highest BCUT2D eigenvalue weighted by atomic mass is 32.1. The zero-order valence-corrected chi connectivity index (χ0v) is 58.7. The molecule has 0 saturated heterocycles. The maximum absolute atomic E-state index is 5.72. The van der Waals surface area contributed by atoms with Gasteiger partial charge in [-0.25, -0.2) is 9.97 Å².